The molecule has 2 aromatic rings. The predicted octanol–water partition coefficient (Wildman–Crippen LogP) is 2.49. The van der Waals surface area contributed by atoms with E-state index >= 15 is 0 Å². The molecule has 0 spiro atoms. The summed E-state index contributed by atoms with van der Waals surface area (Å²) in [7, 11) is 0. The highest BCUT2D eigenvalue weighted by molar-refractivity contribution is 14.1. The first-order valence-corrected chi connectivity index (χ1v) is 6.59. The zero-order valence-corrected chi connectivity index (χ0v) is 11.6. The number of ether oxygens (including phenoxy) is 1. The van der Waals surface area contributed by atoms with Crippen LogP contribution in [0.5, 0.6) is 0 Å². The largest absolute Gasteiger partial charge is 0.377 e. The predicted molar refractivity (Wildman–Crippen MR) is 73.5 cm³/mol. The number of rotatable bonds is 6. The van der Waals surface area contributed by atoms with Crippen LogP contribution in [0.4, 0.5) is 0 Å². The topological polar surface area (TPSA) is 39.9 Å². The summed E-state index contributed by atoms with van der Waals surface area (Å²) < 4.78 is 8.21. The van der Waals surface area contributed by atoms with Crippen molar-refractivity contribution in [3.05, 3.63) is 46.1 Å². The minimum Gasteiger partial charge on any atom is -0.377 e. The lowest BCUT2D eigenvalue weighted by Crippen LogP contribution is -2.03. The van der Waals surface area contributed by atoms with Crippen LogP contribution in [0, 0.1) is 3.83 Å². The van der Waals surface area contributed by atoms with Gasteiger partial charge in [0.2, 0.25) is 3.83 Å². The van der Waals surface area contributed by atoms with Gasteiger partial charge in [-0.25, -0.2) is 4.98 Å². The molecule has 1 aromatic heterocycles. The summed E-state index contributed by atoms with van der Waals surface area (Å²) >= 11 is 2.10. The number of benzene rings is 1. The van der Waals surface area contributed by atoms with E-state index in [9.17, 15) is 0 Å². The van der Waals surface area contributed by atoms with Gasteiger partial charge in [-0.2, -0.15) is 0 Å². The van der Waals surface area contributed by atoms with Crippen molar-refractivity contribution in [2.75, 3.05) is 6.61 Å². The van der Waals surface area contributed by atoms with Crippen LogP contribution in [-0.4, -0.2) is 21.4 Å². The first kappa shape index (κ1) is 12.5. The summed E-state index contributed by atoms with van der Waals surface area (Å²) in [5, 5.41) is 4.20. The van der Waals surface area contributed by atoms with E-state index in [1.807, 2.05) is 22.9 Å². The Morgan fingerprint density at radius 2 is 2.06 bits per heavy atom. The molecular formula is C12H14IN3O. The van der Waals surface area contributed by atoms with E-state index in [0.717, 1.165) is 23.4 Å². The van der Waals surface area contributed by atoms with E-state index in [-0.39, 0.29) is 0 Å². The van der Waals surface area contributed by atoms with Gasteiger partial charge in [-0.15, -0.1) is 5.10 Å². The van der Waals surface area contributed by atoms with Gasteiger partial charge < -0.3 is 4.74 Å². The molecule has 1 heterocycles. The van der Waals surface area contributed by atoms with E-state index < -0.39 is 0 Å². The van der Waals surface area contributed by atoms with Gasteiger partial charge in [-0.1, -0.05) is 30.3 Å². The minimum absolute atomic E-state index is 0.676. The van der Waals surface area contributed by atoms with Crippen molar-refractivity contribution in [2.24, 2.45) is 0 Å². The lowest BCUT2D eigenvalue weighted by atomic mass is 10.2. The number of aromatic nitrogens is 3. The first-order valence-electron chi connectivity index (χ1n) is 5.51. The molecule has 0 aliphatic heterocycles. The Morgan fingerprint density at radius 1 is 1.24 bits per heavy atom. The molecule has 0 bridgehead atoms. The van der Waals surface area contributed by atoms with Crippen LogP contribution in [-0.2, 0) is 17.9 Å². The smallest absolute Gasteiger partial charge is 0.211 e. The maximum absolute atomic E-state index is 5.58. The molecule has 2 rings (SSSR count). The zero-order chi connectivity index (χ0) is 11.9. The van der Waals surface area contributed by atoms with E-state index in [1.165, 1.54) is 5.56 Å². The zero-order valence-electron chi connectivity index (χ0n) is 9.42. The average Bonchev–Trinajstić information content (AvgIpc) is 2.76. The standard InChI is InChI=1S/C12H14IN3O/c13-12-14-10-16(15-12)7-4-8-17-9-11-5-2-1-3-6-11/h1-3,5-6,10H,4,7-9H2. The van der Waals surface area contributed by atoms with Gasteiger partial charge in [0.25, 0.3) is 0 Å². The molecule has 0 fully saturated rings. The van der Waals surface area contributed by atoms with Crippen LogP contribution in [0.3, 0.4) is 0 Å². The Kier molecular flexibility index (Phi) is 4.93. The Bertz CT molecular complexity index is 444. The molecule has 5 heteroatoms. The van der Waals surface area contributed by atoms with Crippen LogP contribution < -0.4 is 0 Å². The summed E-state index contributed by atoms with van der Waals surface area (Å²) in [5.74, 6) is 0. The summed E-state index contributed by atoms with van der Waals surface area (Å²) in [6.45, 7) is 2.27. The number of halogens is 1. The van der Waals surface area contributed by atoms with E-state index in [1.54, 1.807) is 6.33 Å². The Labute approximate surface area is 114 Å². The fourth-order valence-corrected chi connectivity index (χ4v) is 1.87. The van der Waals surface area contributed by atoms with Gasteiger partial charge >= 0.3 is 0 Å². The van der Waals surface area contributed by atoms with Crippen LogP contribution in [0.15, 0.2) is 36.7 Å². The van der Waals surface area contributed by atoms with Crippen molar-refractivity contribution in [1.82, 2.24) is 14.8 Å². The number of hydrogen-bond donors (Lipinski definition) is 0. The third-order valence-corrected chi connectivity index (χ3v) is 2.79. The van der Waals surface area contributed by atoms with Crippen LogP contribution >= 0.6 is 22.6 Å². The minimum atomic E-state index is 0.676. The van der Waals surface area contributed by atoms with Gasteiger partial charge in [0.15, 0.2) is 0 Å². The maximum Gasteiger partial charge on any atom is 0.211 e. The lowest BCUT2D eigenvalue weighted by molar-refractivity contribution is 0.115. The van der Waals surface area contributed by atoms with Crippen molar-refractivity contribution >= 4 is 22.6 Å². The monoisotopic (exact) mass is 343 g/mol. The highest BCUT2D eigenvalue weighted by atomic mass is 127. The van der Waals surface area contributed by atoms with E-state index in [0.29, 0.717) is 6.61 Å². The summed E-state index contributed by atoms with van der Waals surface area (Å²) in [5.41, 5.74) is 1.21. The van der Waals surface area contributed by atoms with Gasteiger partial charge in [-0.3, -0.25) is 4.68 Å². The van der Waals surface area contributed by atoms with Crippen molar-refractivity contribution in [3.8, 4) is 0 Å². The number of aryl methyl sites for hydroxylation is 1. The highest BCUT2D eigenvalue weighted by Gasteiger charge is 1.96. The van der Waals surface area contributed by atoms with Gasteiger partial charge in [0, 0.05) is 35.7 Å². The fourth-order valence-electron chi connectivity index (χ4n) is 1.47. The Hall–Kier alpha value is -0.950. The first-order chi connectivity index (χ1) is 8.34. The number of nitrogens with zero attached hydrogens (tertiary/aromatic N) is 3. The van der Waals surface area contributed by atoms with Crippen LogP contribution in [0.25, 0.3) is 0 Å². The second-order valence-electron chi connectivity index (χ2n) is 3.67. The maximum atomic E-state index is 5.58. The second kappa shape index (κ2) is 6.70. The molecule has 0 aliphatic carbocycles. The summed E-state index contributed by atoms with van der Waals surface area (Å²) in [4.78, 5) is 4.06. The van der Waals surface area contributed by atoms with Crippen LogP contribution in [0.2, 0.25) is 0 Å². The van der Waals surface area contributed by atoms with Crippen LogP contribution in [0.1, 0.15) is 12.0 Å². The molecule has 4 nitrogen and oxygen atoms in total. The highest BCUT2D eigenvalue weighted by Crippen LogP contribution is 2.01. The molecule has 17 heavy (non-hydrogen) atoms. The van der Waals surface area contributed by atoms with Crippen molar-refractivity contribution in [3.63, 3.8) is 0 Å². The molecule has 0 amide bonds. The molecule has 90 valence electrons. The second-order valence-corrected chi connectivity index (χ2v) is 4.63. The normalized spacial score (nSPS) is 10.6. The van der Waals surface area contributed by atoms with Gasteiger partial charge in [-0.05, 0) is 12.0 Å². The molecule has 0 saturated heterocycles. The molecule has 0 N–H and O–H groups in total. The molecule has 0 saturated carbocycles. The fraction of sp³-hybridized carbons (Fsp3) is 0.333. The third kappa shape index (κ3) is 4.43. The molecule has 0 radical (unpaired) electrons. The molecule has 0 atom stereocenters. The molecule has 0 unspecified atom stereocenters. The quantitative estimate of drug-likeness (QED) is 0.598. The summed E-state index contributed by atoms with van der Waals surface area (Å²) in [6.07, 6.45) is 2.70. The molecule has 0 aliphatic rings. The Morgan fingerprint density at radius 3 is 2.76 bits per heavy atom. The third-order valence-electron chi connectivity index (χ3n) is 2.30. The lowest BCUT2D eigenvalue weighted by Gasteiger charge is -2.04. The molecule has 1 aromatic carbocycles. The van der Waals surface area contributed by atoms with Crippen molar-refractivity contribution in [1.29, 1.82) is 0 Å². The summed E-state index contributed by atoms with van der Waals surface area (Å²) in [6, 6.07) is 10.2. The Balaban J connectivity index is 1.61. The van der Waals surface area contributed by atoms with Crippen molar-refractivity contribution < 1.29 is 4.74 Å². The molecular weight excluding hydrogens is 329 g/mol. The average molecular weight is 343 g/mol. The van der Waals surface area contributed by atoms with E-state index in [2.05, 4.69) is 44.8 Å². The van der Waals surface area contributed by atoms with Crippen molar-refractivity contribution in [2.45, 2.75) is 19.6 Å². The van der Waals surface area contributed by atoms with Gasteiger partial charge in [0.1, 0.15) is 6.33 Å². The van der Waals surface area contributed by atoms with Gasteiger partial charge in [0.05, 0.1) is 6.61 Å². The van der Waals surface area contributed by atoms with E-state index in [4.69, 9.17) is 4.74 Å². The SMILES string of the molecule is Ic1ncn(CCCOCc2ccccc2)n1. The number of hydrogen-bond acceptors (Lipinski definition) is 3.